The maximum Gasteiger partial charge on any atom is 0.184 e. The third-order valence-corrected chi connectivity index (χ3v) is 4.34. The lowest BCUT2D eigenvalue weighted by Gasteiger charge is -2.04. The largest absolute Gasteiger partial charge is 0.369 e. The first-order valence-corrected chi connectivity index (χ1v) is 7.89. The van der Waals surface area contributed by atoms with Crippen LogP contribution in [-0.2, 0) is 12.8 Å². The summed E-state index contributed by atoms with van der Waals surface area (Å²) in [5.74, 6) is 3.61. The highest BCUT2D eigenvalue weighted by atomic mass is 32.2. The zero-order valence-electron chi connectivity index (χ0n) is 11.3. The van der Waals surface area contributed by atoms with Crippen molar-refractivity contribution in [3.05, 3.63) is 17.7 Å². The van der Waals surface area contributed by atoms with E-state index < -0.39 is 0 Å². The van der Waals surface area contributed by atoms with Crippen molar-refractivity contribution in [2.45, 2.75) is 12.7 Å². The Kier molecular flexibility index (Phi) is 5.03. The highest BCUT2D eigenvalue weighted by molar-refractivity contribution is 7.98. The minimum atomic E-state index is 0.815. The molecule has 0 aliphatic heterocycles. The molecule has 0 saturated carbocycles. The molecule has 0 atom stereocenters. The zero-order valence-corrected chi connectivity index (χ0v) is 12.9. The summed E-state index contributed by atoms with van der Waals surface area (Å²) < 4.78 is 10.4. The number of hydrogen-bond donors (Lipinski definition) is 2. The molecule has 0 saturated heterocycles. The third kappa shape index (κ3) is 3.60. The van der Waals surface area contributed by atoms with Crippen LogP contribution >= 0.6 is 23.5 Å². The maximum atomic E-state index is 4.38. The summed E-state index contributed by atoms with van der Waals surface area (Å²) in [6, 6.07) is 0. The van der Waals surface area contributed by atoms with E-state index in [0.29, 0.717) is 0 Å². The Morgan fingerprint density at radius 3 is 2.84 bits per heavy atom. The molecule has 2 heterocycles. The van der Waals surface area contributed by atoms with Gasteiger partial charge in [-0.2, -0.15) is 20.5 Å². The molecule has 0 radical (unpaired) electrons. The molecular formula is C11H18N6S2. The van der Waals surface area contributed by atoms with Gasteiger partial charge in [-0.3, -0.25) is 0 Å². The van der Waals surface area contributed by atoms with E-state index in [0.717, 1.165) is 29.7 Å². The van der Waals surface area contributed by atoms with Crippen LogP contribution in [0.25, 0.3) is 0 Å². The normalized spacial score (nSPS) is 10.7. The van der Waals surface area contributed by atoms with Crippen molar-refractivity contribution < 1.29 is 0 Å². The molecule has 6 nitrogen and oxygen atoms in total. The first-order chi connectivity index (χ1) is 9.22. The van der Waals surface area contributed by atoms with Gasteiger partial charge in [0.15, 0.2) is 11.6 Å². The fourth-order valence-corrected chi connectivity index (χ4v) is 2.96. The summed E-state index contributed by atoms with van der Waals surface area (Å²) in [7, 11) is 3.87. The average molecular weight is 298 g/mol. The van der Waals surface area contributed by atoms with Crippen molar-refractivity contribution in [1.82, 2.24) is 18.3 Å². The Hall–Kier alpha value is -1.28. The van der Waals surface area contributed by atoms with Crippen LogP contribution in [0.3, 0.4) is 0 Å². The van der Waals surface area contributed by atoms with E-state index >= 15 is 0 Å². The molecule has 8 heteroatoms. The van der Waals surface area contributed by atoms with Gasteiger partial charge in [0, 0.05) is 37.8 Å². The summed E-state index contributed by atoms with van der Waals surface area (Å²) in [5, 5.41) is 6.29. The molecule has 2 N–H and O–H groups in total. The number of rotatable bonds is 7. The second kappa shape index (κ2) is 6.76. The minimum Gasteiger partial charge on any atom is -0.369 e. The van der Waals surface area contributed by atoms with E-state index in [-0.39, 0.29) is 0 Å². The summed E-state index contributed by atoms with van der Waals surface area (Å²) >= 11 is 3.08. The van der Waals surface area contributed by atoms with E-state index in [2.05, 4.69) is 31.3 Å². The van der Waals surface area contributed by atoms with Gasteiger partial charge >= 0.3 is 0 Å². The Bertz CT molecular complexity index is 521. The van der Waals surface area contributed by atoms with Gasteiger partial charge in [0.1, 0.15) is 0 Å². The summed E-state index contributed by atoms with van der Waals surface area (Å²) in [6.45, 7) is 2.97. The Balaban J connectivity index is 1.69. The van der Waals surface area contributed by atoms with Gasteiger partial charge in [-0.25, -0.2) is 4.98 Å². The topological polar surface area (TPSA) is 67.7 Å². The SMILES string of the molecule is CNc1nsnc1NCCSCc1ncn(C)c1C. The first kappa shape index (κ1) is 14.1. The highest BCUT2D eigenvalue weighted by Gasteiger charge is 2.06. The van der Waals surface area contributed by atoms with E-state index in [1.807, 2.05) is 36.8 Å². The lowest BCUT2D eigenvalue weighted by molar-refractivity contribution is 0.871. The van der Waals surface area contributed by atoms with Crippen LogP contribution in [0.15, 0.2) is 6.33 Å². The molecule has 0 aromatic carbocycles. The fourth-order valence-electron chi connectivity index (χ4n) is 1.56. The predicted octanol–water partition coefficient (Wildman–Crippen LogP) is 1.97. The van der Waals surface area contributed by atoms with Crippen molar-refractivity contribution in [1.29, 1.82) is 0 Å². The molecule has 2 rings (SSSR count). The van der Waals surface area contributed by atoms with Crippen LogP contribution in [0.2, 0.25) is 0 Å². The summed E-state index contributed by atoms with van der Waals surface area (Å²) in [5.41, 5.74) is 2.40. The Morgan fingerprint density at radius 1 is 1.37 bits per heavy atom. The third-order valence-electron chi connectivity index (χ3n) is 2.84. The van der Waals surface area contributed by atoms with Gasteiger partial charge in [0.25, 0.3) is 0 Å². The van der Waals surface area contributed by atoms with E-state index in [9.17, 15) is 0 Å². The molecule has 0 aliphatic rings. The second-order valence-electron chi connectivity index (χ2n) is 4.08. The van der Waals surface area contributed by atoms with Crippen molar-refractivity contribution >= 4 is 35.1 Å². The van der Waals surface area contributed by atoms with Gasteiger partial charge in [-0.05, 0) is 6.92 Å². The molecule has 0 unspecified atom stereocenters. The lowest BCUT2D eigenvalue weighted by atomic mass is 10.4. The van der Waals surface area contributed by atoms with Crippen LogP contribution in [0.1, 0.15) is 11.4 Å². The van der Waals surface area contributed by atoms with Crippen molar-refractivity contribution in [3.63, 3.8) is 0 Å². The van der Waals surface area contributed by atoms with Gasteiger partial charge in [-0.15, -0.1) is 0 Å². The number of aryl methyl sites for hydroxylation is 1. The molecule has 0 amide bonds. The van der Waals surface area contributed by atoms with Gasteiger partial charge in [0.05, 0.1) is 23.7 Å². The number of anilines is 2. The molecule has 2 aromatic heterocycles. The molecule has 0 fully saturated rings. The first-order valence-electron chi connectivity index (χ1n) is 6.01. The number of nitrogens with zero attached hydrogens (tertiary/aromatic N) is 4. The maximum absolute atomic E-state index is 4.38. The molecule has 0 bridgehead atoms. The van der Waals surface area contributed by atoms with Gasteiger partial charge < -0.3 is 15.2 Å². The van der Waals surface area contributed by atoms with Crippen LogP contribution in [-0.4, -0.2) is 37.6 Å². The highest BCUT2D eigenvalue weighted by Crippen LogP contribution is 2.18. The molecule has 0 spiro atoms. The zero-order chi connectivity index (χ0) is 13.7. The molecular weight excluding hydrogens is 280 g/mol. The smallest absolute Gasteiger partial charge is 0.184 e. The summed E-state index contributed by atoms with van der Waals surface area (Å²) in [4.78, 5) is 4.38. The lowest BCUT2D eigenvalue weighted by Crippen LogP contribution is -2.06. The number of aromatic nitrogens is 4. The number of thioether (sulfide) groups is 1. The number of nitrogens with one attached hydrogen (secondary N) is 2. The van der Waals surface area contributed by atoms with Crippen LogP contribution in [0, 0.1) is 6.92 Å². The number of imidazole rings is 1. The van der Waals surface area contributed by atoms with Crippen LogP contribution in [0.5, 0.6) is 0 Å². The van der Waals surface area contributed by atoms with Crippen molar-refractivity contribution in [3.8, 4) is 0 Å². The molecule has 104 valence electrons. The van der Waals surface area contributed by atoms with E-state index in [4.69, 9.17) is 0 Å². The summed E-state index contributed by atoms with van der Waals surface area (Å²) in [6.07, 6.45) is 1.86. The molecule has 2 aromatic rings. The minimum absolute atomic E-state index is 0.815. The second-order valence-corrected chi connectivity index (χ2v) is 5.71. The monoisotopic (exact) mass is 298 g/mol. The van der Waals surface area contributed by atoms with Crippen LogP contribution < -0.4 is 10.6 Å². The van der Waals surface area contributed by atoms with Crippen molar-refractivity contribution in [2.24, 2.45) is 7.05 Å². The predicted molar refractivity (Wildman–Crippen MR) is 82.1 cm³/mol. The fraction of sp³-hybridized carbons (Fsp3) is 0.545. The molecule has 0 aliphatic carbocycles. The van der Waals surface area contributed by atoms with Gasteiger partial charge in [-0.1, -0.05) is 0 Å². The van der Waals surface area contributed by atoms with E-state index in [1.165, 1.54) is 23.1 Å². The standard InChI is InChI=1S/C11H18N6S2/c1-8-9(14-7-17(8)3)6-18-5-4-13-11-10(12-2)15-19-16-11/h7H,4-6H2,1-3H3,(H,12,15)(H,13,16). The van der Waals surface area contributed by atoms with Crippen LogP contribution in [0.4, 0.5) is 11.6 Å². The van der Waals surface area contributed by atoms with Gasteiger partial charge in [0.2, 0.25) is 0 Å². The molecule has 19 heavy (non-hydrogen) atoms. The average Bonchev–Trinajstić information content (AvgIpc) is 2.99. The quantitative estimate of drug-likeness (QED) is 0.762. The Labute approximate surface area is 121 Å². The van der Waals surface area contributed by atoms with Crippen molar-refractivity contribution in [2.75, 3.05) is 30.0 Å². The van der Waals surface area contributed by atoms with E-state index in [1.54, 1.807) is 0 Å². The number of hydrogen-bond acceptors (Lipinski definition) is 7. The Morgan fingerprint density at radius 2 is 2.16 bits per heavy atom.